The maximum absolute atomic E-state index is 13.3. The summed E-state index contributed by atoms with van der Waals surface area (Å²) in [6.07, 6.45) is 0.715. The van der Waals surface area contributed by atoms with Crippen molar-refractivity contribution in [2.24, 2.45) is 0 Å². The number of aryl methyl sites for hydroxylation is 3. The van der Waals surface area contributed by atoms with Gasteiger partial charge < -0.3 is 4.98 Å². The number of rotatable bonds is 2. The van der Waals surface area contributed by atoms with E-state index < -0.39 is 10.0 Å². The highest BCUT2D eigenvalue weighted by atomic mass is 32.2. The molecule has 25 heavy (non-hydrogen) atoms. The number of hydrogen-bond donors (Lipinski definition) is 1. The number of nitrogens with one attached hydrogen (secondary N) is 1. The molecule has 0 aliphatic carbocycles. The molecule has 1 aromatic heterocycles. The zero-order valence-corrected chi connectivity index (χ0v) is 15.6. The second kappa shape index (κ2) is 5.71. The average Bonchev–Trinajstić information content (AvgIpc) is 2.91. The van der Waals surface area contributed by atoms with Crippen LogP contribution in [0.4, 0.5) is 0 Å². The molecule has 0 radical (unpaired) electrons. The monoisotopic (exact) mass is 354 g/mol. The molecule has 0 bridgehead atoms. The van der Waals surface area contributed by atoms with Crippen LogP contribution >= 0.6 is 0 Å². The topological polar surface area (TPSA) is 53.2 Å². The maximum atomic E-state index is 13.3. The van der Waals surface area contributed by atoms with Crippen LogP contribution in [0.1, 0.15) is 27.9 Å². The SMILES string of the molecule is Cc1cc(C)c(S(=O)(=O)N2CCc3[nH]c4ccccc4c3C2)c(C)c1. The molecule has 2 heterocycles. The lowest BCUT2D eigenvalue weighted by Gasteiger charge is -2.28. The van der Waals surface area contributed by atoms with Gasteiger partial charge in [0.25, 0.3) is 0 Å². The van der Waals surface area contributed by atoms with Gasteiger partial charge in [0, 0.05) is 36.1 Å². The lowest BCUT2D eigenvalue weighted by Crippen LogP contribution is -2.36. The Morgan fingerprint density at radius 3 is 2.44 bits per heavy atom. The molecular formula is C20H22N2O2S. The summed E-state index contributed by atoms with van der Waals surface area (Å²) in [6.45, 7) is 6.70. The molecule has 1 aliphatic heterocycles. The van der Waals surface area contributed by atoms with Crippen LogP contribution < -0.4 is 0 Å². The van der Waals surface area contributed by atoms with Gasteiger partial charge in [0.1, 0.15) is 0 Å². The lowest BCUT2D eigenvalue weighted by atomic mass is 10.1. The number of sulfonamides is 1. The molecule has 0 atom stereocenters. The molecule has 130 valence electrons. The molecule has 0 spiro atoms. The maximum Gasteiger partial charge on any atom is 0.243 e. The summed E-state index contributed by atoms with van der Waals surface area (Å²) in [6, 6.07) is 12.0. The first-order valence-electron chi connectivity index (χ1n) is 8.54. The molecule has 5 heteroatoms. The Labute approximate surface area is 148 Å². The normalized spacial score (nSPS) is 15.5. The van der Waals surface area contributed by atoms with Crippen LogP contribution in [0.2, 0.25) is 0 Å². The third kappa shape index (κ3) is 2.58. The number of benzene rings is 2. The van der Waals surface area contributed by atoms with Crippen LogP contribution in [0.25, 0.3) is 10.9 Å². The Bertz CT molecular complexity index is 1060. The second-order valence-electron chi connectivity index (χ2n) is 6.94. The van der Waals surface area contributed by atoms with E-state index in [1.165, 1.54) is 0 Å². The van der Waals surface area contributed by atoms with Crippen LogP contribution in [-0.4, -0.2) is 24.3 Å². The lowest BCUT2D eigenvalue weighted by molar-refractivity contribution is 0.390. The minimum absolute atomic E-state index is 0.425. The van der Waals surface area contributed by atoms with Crippen LogP contribution in [0.3, 0.4) is 0 Å². The van der Waals surface area contributed by atoms with Crippen molar-refractivity contribution in [3.8, 4) is 0 Å². The predicted octanol–water partition coefficient (Wildman–Crippen LogP) is 3.84. The molecule has 0 unspecified atom stereocenters. The van der Waals surface area contributed by atoms with Gasteiger partial charge in [-0.15, -0.1) is 0 Å². The van der Waals surface area contributed by atoms with Gasteiger partial charge >= 0.3 is 0 Å². The minimum atomic E-state index is -3.51. The molecule has 0 saturated heterocycles. The van der Waals surface area contributed by atoms with Gasteiger partial charge in [-0.05, 0) is 43.5 Å². The Morgan fingerprint density at radius 2 is 1.72 bits per heavy atom. The predicted molar refractivity (Wildman–Crippen MR) is 100 cm³/mol. The molecular weight excluding hydrogens is 332 g/mol. The van der Waals surface area contributed by atoms with Gasteiger partial charge in [0.15, 0.2) is 0 Å². The summed E-state index contributed by atoms with van der Waals surface area (Å²) in [5, 5.41) is 1.12. The van der Waals surface area contributed by atoms with E-state index in [2.05, 4.69) is 11.1 Å². The molecule has 1 aliphatic rings. The largest absolute Gasteiger partial charge is 0.358 e. The third-order valence-corrected chi connectivity index (χ3v) is 7.20. The van der Waals surface area contributed by atoms with Crippen LogP contribution in [0.5, 0.6) is 0 Å². The molecule has 4 rings (SSSR count). The van der Waals surface area contributed by atoms with E-state index >= 15 is 0 Å². The highest BCUT2D eigenvalue weighted by Crippen LogP contribution is 2.32. The summed E-state index contributed by atoms with van der Waals surface area (Å²) in [7, 11) is -3.51. The quantitative estimate of drug-likeness (QED) is 0.760. The molecule has 3 aromatic rings. The zero-order valence-electron chi connectivity index (χ0n) is 14.8. The molecule has 0 saturated carbocycles. The van der Waals surface area contributed by atoms with E-state index in [9.17, 15) is 8.42 Å². The van der Waals surface area contributed by atoms with Crippen molar-refractivity contribution in [1.29, 1.82) is 0 Å². The molecule has 2 aromatic carbocycles. The second-order valence-corrected chi connectivity index (χ2v) is 8.82. The number of aromatic amines is 1. The molecule has 4 nitrogen and oxygen atoms in total. The summed E-state index contributed by atoms with van der Waals surface area (Å²) in [4.78, 5) is 3.90. The standard InChI is InChI=1S/C20H22N2O2S/c1-13-10-14(2)20(15(3)11-13)25(23,24)22-9-8-19-17(12-22)16-6-4-5-7-18(16)21-19/h4-7,10-11,21H,8-9,12H2,1-3H3. The average molecular weight is 354 g/mol. The Hall–Kier alpha value is -2.11. The summed E-state index contributed by atoms with van der Waals surface area (Å²) >= 11 is 0. The van der Waals surface area contributed by atoms with E-state index in [1.807, 2.05) is 51.1 Å². The Morgan fingerprint density at radius 1 is 1.04 bits per heavy atom. The van der Waals surface area contributed by atoms with Gasteiger partial charge in [-0.3, -0.25) is 0 Å². The van der Waals surface area contributed by atoms with Gasteiger partial charge in [-0.2, -0.15) is 4.31 Å². The van der Waals surface area contributed by atoms with Crippen molar-refractivity contribution in [2.75, 3.05) is 6.54 Å². The number of fused-ring (bicyclic) bond motifs is 3. The summed E-state index contributed by atoms with van der Waals surface area (Å²) in [5.74, 6) is 0. The number of H-pyrrole nitrogens is 1. The van der Waals surface area contributed by atoms with Crippen molar-refractivity contribution >= 4 is 20.9 Å². The first-order valence-corrected chi connectivity index (χ1v) is 9.98. The van der Waals surface area contributed by atoms with Crippen LogP contribution in [0, 0.1) is 20.8 Å². The third-order valence-electron chi connectivity index (χ3n) is 5.05. The van der Waals surface area contributed by atoms with Gasteiger partial charge in [0.2, 0.25) is 10.0 Å². The van der Waals surface area contributed by atoms with Crippen molar-refractivity contribution in [1.82, 2.24) is 9.29 Å². The highest BCUT2D eigenvalue weighted by Gasteiger charge is 2.32. The Balaban J connectivity index is 1.79. The fraction of sp³-hybridized carbons (Fsp3) is 0.300. The van der Waals surface area contributed by atoms with E-state index in [0.29, 0.717) is 24.4 Å². The molecule has 0 amide bonds. The number of aromatic nitrogens is 1. The fourth-order valence-electron chi connectivity index (χ4n) is 4.05. The first kappa shape index (κ1) is 16.4. The van der Waals surface area contributed by atoms with Gasteiger partial charge in [-0.1, -0.05) is 35.9 Å². The van der Waals surface area contributed by atoms with Crippen molar-refractivity contribution in [2.45, 2.75) is 38.6 Å². The van der Waals surface area contributed by atoms with E-state index in [1.54, 1.807) is 4.31 Å². The van der Waals surface area contributed by atoms with Gasteiger partial charge in [0.05, 0.1) is 4.90 Å². The molecule has 0 fully saturated rings. The zero-order chi connectivity index (χ0) is 17.8. The Kier molecular flexibility index (Phi) is 3.74. The minimum Gasteiger partial charge on any atom is -0.358 e. The fourth-order valence-corrected chi connectivity index (χ4v) is 5.87. The molecule has 1 N–H and O–H groups in total. The number of para-hydroxylation sites is 1. The number of nitrogens with zero attached hydrogens (tertiary/aromatic N) is 1. The number of hydrogen-bond acceptors (Lipinski definition) is 2. The van der Waals surface area contributed by atoms with Crippen molar-refractivity contribution in [3.05, 3.63) is 64.3 Å². The van der Waals surface area contributed by atoms with Gasteiger partial charge in [-0.25, -0.2) is 8.42 Å². The van der Waals surface area contributed by atoms with Crippen molar-refractivity contribution in [3.63, 3.8) is 0 Å². The summed E-state index contributed by atoms with van der Waals surface area (Å²) < 4.78 is 28.3. The van der Waals surface area contributed by atoms with E-state index in [4.69, 9.17) is 0 Å². The first-order chi connectivity index (χ1) is 11.9. The van der Waals surface area contributed by atoms with Crippen molar-refractivity contribution < 1.29 is 8.42 Å². The van der Waals surface area contributed by atoms with E-state index in [0.717, 1.165) is 38.9 Å². The highest BCUT2D eigenvalue weighted by molar-refractivity contribution is 7.89. The summed E-state index contributed by atoms with van der Waals surface area (Å²) in [5.41, 5.74) is 6.07. The smallest absolute Gasteiger partial charge is 0.243 e. The van der Waals surface area contributed by atoms with Crippen LogP contribution in [-0.2, 0) is 23.0 Å². The van der Waals surface area contributed by atoms with Crippen LogP contribution in [0.15, 0.2) is 41.3 Å². The van der Waals surface area contributed by atoms with E-state index in [-0.39, 0.29) is 0 Å².